The van der Waals surface area contributed by atoms with Crippen LogP contribution in [0.25, 0.3) is 0 Å². The molecule has 0 bridgehead atoms. The Morgan fingerprint density at radius 2 is 1.18 bits per heavy atom. The van der Waals surface area contributed by atoms with Gasteiger partial charge in [-0.3, -0.25) is 52.7 Å². The normalized spacial score (nSPS) is 22.5. The van der Waals surface area contributed by atoms with E-state index in [2.05, 4.69) is 42.5 Å². The van der Waals surface area contributed by atoms with Crippen LogP contribution in [0.5, 0.6) is 11.5 Å². The Balaban J connectivity index is 2.05. The van der Waals surface area contributed by atoms with E-state index in [0.717, 1.165) is 28.5 Å². The van der Waals surface area contributed by atoms with Gasteiger partial charge in [0.15, 0.2) is 0 Å². The first-order chi connectivity index (χ1) is 33.8. The smallest absolute Gasteiger partial charge is 0.305 e. The first kappa shape index (κ1) is 59.2. The third-order valence-corrected chi connectivity index (χ3v) is 13.2. The number of nitrogens with one attached hydrogen (secondary N) is 8. The van der Waals surface area contributed by atoms with E-state index in [-0.39, 0.29) is 48.2 Å². The summed E-state index contributed by atoms with van der Waals surface area (Å²) in [5.41, 5.74) is 6.10. The van der Waals surface area contributed by atoms with Crippen LogP contribution in [-0.4, -0.2) is 157 Å². The molecule has 394 valence electrons. The van der Waals surface area contributed by atoms with E-state index in [0.29, 0.717) is 11.1 Å². The number of phenols is 2. The quantitative estimate of drug-likeness (QED) is 0.0760. The van der Waals surface area contributed by atoms with Crippen molar-refractivity contribution in [3.8, 4) is 11.5 Å². The number of aliphatic carboxylic acids is 2. The first-order valence-electron chi connectivity index (χ1n) is 22.4. The van der Waals surface area contributed by atoms with E-state index in [1.54, 1.807) is 13.8 Å². The SMILES string of the molecule is CC(C)C[C@H](NC(=O)[C@@H]1CSSC[C@H](C)C(=O)N[C@@H](CC(=O)O)C(=O)N[C@@H](Cc2ccc(O)cc2)C(=O)N[C@@H](Cc2ccc(O)cc2)C(=O)NCC(=O)N[C@@H](C(C)O)C(=O)N1)C(=O)N[C@@H](CC(=O)O)C(N)=O. The summed E-state index contributed by atoms with van der Waals surface area (Å²) < 4.78 is 0. The molecule has 1 aliphatic rings. The van der Waals surface area contributed by atoms with Gasteiger partial charge in [0, 0.05) is 30.3 Å². The third kappa shape index (κ3) is 20.3. The number of carboxylic acids is 2. The lowest BCUT2D eigenvalue weighted by molar-refractivity contribution is -0.141. The zero-order valence-corrected chi connectivity index (χ0v) is 41.3. The molecule has 0 aromatic heterocycles. The zero-order chi connectivity index (χ0) is 53.8. The number of carbonyl (C=O) groups excluding carboxylic acids is 9. The van der Waals surface area contributed by atoms with Crippen molar-refractivity contribution in [2.24, 2.45) is 17.6 Å². The Morgan fingerprint density at radius 1 is 0.667 bits per heavy atom. The second kappa shape index (κ2) is 28.7. The molecule has 27 heteroatoms. The molecule has 1 heterocycles. The zero-order valence-electron chi connectivity index (χ0n) is 39.7. The van der Waals surface area contributed by atoms with Crippen LogP contribution in [0.3, 0.4) is 0 Å². The number of carboxylic acid groups (broad SMARTS) is 2. The largest absolute Gasteiger partial charge is 0.508 e. The van der Waals surface area contributed by atoms with E-state index in [9.17, 15) is 78.3 Å². The van der Waals surface area contributed by atoms with Crippen molar-refractivity contribution in [2.45, 2.75) is 108 Å². The lowest BCUT2D eigenvalue weighted by Gasteiger charge is -2.27. The number of primary amides is 1. The molecule has 3 rings (SSSR count). The number of amides is 9. The maximum absolute atomic E-state index is 14.2. The number of aliphatic hydroxyl groups is 1. The van der Waals surface area contributed by atoms with Gasteiger partial charge in [0.25, 0.3) is 0 Å². The van der Waals surface area contributed by atoms with Crippen LogP contribution in [0.2, 0.25) is 0 Å². The fourth-order valence-corrected chi connectivity index (χ4v) is 9.26. The Labute approximate surface area is 421 Å². The van der Waals surface area contributed by atoms with Crippen molar-refractivity contribution in [1.29, 1.82) is 0 Å². The topological polar surface area (TPSA) is 411 Å². The molecule has 1 aliphatic heterocycles. The molecule has 0 aliphatic carbocycles. The van der Waals surface area contributed by atoms with Gasteiger partial charge in [-0.05, 0) is 54.7 Å². The van der Waals surface area contributed by atoms with Crippen molar-refractivity contribution in [2.75, 3.05) is 18.1 Å². The van der Waals surface area contributed by atoms with E-state index in [4.69, 9.17) is 5.73 Å². The summed E-state index contributed by atoms with van der Waals surface area (Å²) in [6.07, 6.45) is -4.02. The van der Waals surface area contributed by atoms with Gasteiger partial charge < -0.3 is 73.8 Å². The molecule has 1 unspecified atom stereocenters. The van der Waals surface area contributed by atoms with Gasteiger partial charge in [-0.25, -0.2) is 0 Å². The number of benzene rings is 2. The number of phenolic OH excluding ortho intramolecular Hbond substituents is 2. The lowest BCUT2D eigenvalue weighted by Crippen LogP contribution is -2.61. The van der Waals surface area contributed by atoms with Gasteiger partial charge in [0.05, 0.1) is 25.5 Å². The maximum Gasteiger partial charge on any atom is 0.305 e. The minimum atomic E-state index is -1.77. The first-order valence-corrected chi connectivity index (χ1v) is 24.9. The fourth-order valence-electron chi connectivity index (χ4n) is 6.75. The predicted molar refractivity (Wildman–Crippen MR) is 259 cm³/mol. The maximum atomic E-state index is 14.2. The molecule has 72 heavy (non-hydrogen) atoms. The number of carbonyl (C=O) groups is 11. The van der Waals surface area contributed by atoms with Crippen LogP contribution >= 0.6 is 21.6 Å². The Kier molecular flexibility index (Phi) is 23.5. The van der Waals surface area contributed by atoms with E-state index >= 15 is 0 Å². The van der Waals surface area contributed by atoms with Gasteiger partial charge in [-0.2, -0.15) is 0 Å². The van der Waals surface area contributed by atoms with Gasteiger partial charge in [-0.15, -0.1) is 0 Å². The minimum Gasteiger partial charge on any atom is -0.508 e. The van der Waals surface area contributed by atoms with Crippen molar-refractivity contribution >= 4 is 86.7 Å². The summed E-state index contributed by atoms with van der Waals surface area (Å²) in [4.78, 5) is 145. The second-order valence-electron chi connectivity index (χ2n) is 17.3. The van der Waals surface area contributed by atoms with Crippen LogP contribution in [0.1, 0.15) is 58.1 Å². The summed E-state index contributed by atoms with van der Waals surface area (Å²) in [7, 11) is 1.95. The van der Waals surface area contributed by atoms with Crippen molar-refractivity contribution in [3.05, 3.63) is 59.7 Å². The number of rotatable bonds is 16. The van der Waals surface area contributed by atoms with Crippen LogP contribution in [0, 0.1) is 11.8 Å². The van der Waals surface area contributed by atoms with E-state index in [1.165, 1.54) is 55.5 Å². The van der Waals surface area contributed by atoms with Crippen molar-refractivity contribution in [3.63, 3.8) is 0 Å². The summed E-state index contributed by atoms with van der Waals surface area (Å²) >= 11 is 0. The van der Waals surface area contributed by atoms with Gasteiger partial charge in [0.1, 0.15) is 53.8 Å². The van der Waals surface area contributed by atoms with Gasteiger partial charge >= 0.3 is 11.9 Å². The Bertz CT molecular complexity index is 2290. The number of aliphatic hydroxyl groups excluding tert-OH is 1. The van der Waals surface area contributed by atoms with Crippen molar-refractivity contribution in [1.82, 2.24) is 42.5 Å². The highest BCUT2D eigenvalue weighted by atomic mass is 33.1. The lowest BCUT2D eigenvalue weighted by atomic mass is 10.0. The summed E-state index contributed by atoms with van der Waals surface area (Å²) in [5.74, 6) is -13.9. The molecule has 1 fully saturated rings. The fraction of sp³-hybridized carbons (Fsp3) is 0.489. The van der Waals surface area contributed by atoms with Crippen LogP contribution in [0.4, 0.5) is 0 Å². The Hall–Kier alpha value is -7.13. The van der Waals surface area contributed by atoms with Crippen molar-refractivity contribution < 1.29 is 78.3 Å². The second-order valence-corrected chi connectivity index (χ2v) is 19.9. The average molecular weight is 1050 g/mol. The molecule has 0 spiro atoms. The molecule has 2 aromatic carbocycles. The highest BCUT2D eigenvalue weighted by Gasteiger charge is 2.35. The molecule has 15 N–H and O–H groups in total. The molecule has 2 aromatic rings. The number of hydrogen-bond donors (Lipinski definition) is 14. The van der Waals surface area contributed by atoms with Crippen LogP contribution in [0.15, 0.2) is 48.5 Å². The van der Waals surface area contributed by atoms with Gasteiger partial charge in [0.2, 0.25) is 53.2 Å². The van der Waals surface area contributed by atoms with E-state index < -0.39 is 139 Å². The third-order valence-electron chi connectivity index (χ3n) is 10.6. The minimum absolute atomic E-state index is 0.0433. The standard InChI is InChI=1S/C45H61N9O16S2/c1-21(2)13-29(41(66)48-28(38(46)63)16-35(59)60)50-44(69)33-20-72-71-19-22(3)39(64)49-32(17-36(61)62)43(68)52-31(15-25-7-11-27(57)12-8-25)42(67)51-30(14-24-5-9-26(56)10-6-24)40(65)47-18-34(58)54-37(23(4)55)45(70)53-33/h5-12,21-23,28-33,37,55-57H,13-20H2,1-4H3,(H2,46,63)(H,47,65)(H,48,66)(H,49,64)(H,50,69)(H,51,67)(H,52,68)(H,53,70)(H,54,58)(H,59,60)(H,61,62)/t22-,23?,28-,29-,30-,31-,32-,33-,37-/m0/s1. The van der Waals surface area contributed by atoms with E-state index in [1.807, 2.05) is 0 Å². The summed E-state index contributed by atoms with van der Waals surface area (Å²) in [6.45, 7) is 5.14. The molecule has 1 saturated heterocycles. The molecular formula is C45H61N9O16S2. The molecule has 9 atom stereocenters. The molecule has 9 amide bonds. The highest BCUT2D eigenvalue weighted by molar-refractivity contribution is 8.76. The summed E-state index contributed by atoms with van der Waals surface area (Å²) in [6, 6.07) is -0.190. The number of hydrogen-bond acceptors (Lipinski definition) is 16. The summed E-state index contributed by atoms with van der Waals surface area (Å²) in [5, 5.41) is 68.6. The molecule has 0 saturated carbocycles. The molecule has 25 nitrogen and oxygen atoms in total. The van der Waals surface area contributed by atoms with Gasteiger partial charge in [-0.1, -0.05) is 66.6 Å². The predicted octanol–water partition coefficient (Wildman–Crippen LogP) is -2.71. The van der Waals surface area contributed by atoms with Crippen LogP contribution < -0.4 is 48.3 Å². The number of nitrogens with two attached hydrogens (primary N) is 1. The van der Waals surface area contributed by atoms with Crippen LogP contribution in [-0.2, 0) is 65.6 Å². The number of aromatic hydroxyl groups is 2. The Morgan fingerprint density at radius 3 is 1.68 bits per heavy atom. The molecular weight excluding hydrogens is 987 g/mol. The monoisotopic (exact) mass is 1050 g/mol. The highest BCUT2D eigenvalue weighted by Crippen LogP contribution is 2.25. The average Bonchev–Trinajstić information content (AvgIpc) is 3.29. The molecule has 0 radical (unpaired) electrons.